The fourth-order valence-corrected chi connectivity index (χ4v) is 3.18. The molecule has 5 heteroatoms. The molecule has 0 unspecified atom stereocenters. The molecule has 1 aromatic heterocycles. The number of H-pyrrole nitrogens is 1. The zero-order valence-corrected chi connectivity index (χ0v) is 14.7. The standard InChI is InChI=1S/C19H26N4O/c1-14(2)16-12-17(21-20-16)19(24)22(3)13-15-8-4-5-9-18(15)23-10-6-7-11-23/h4-5,8-9,12,14H,6-7,10-11,13H2,1-3H3,(H,20,21). The van der Waals surface area contributed by atoms with E-state index in [1.807, 2.05) is 19.2 Å². The van der Waals surface area contributed by atoms with Crippen molar-refractivity contribution in [2.75, 3.05) is 25.0 Å². The van der Waals surface area contributed by atoms with Crippen molar-refractivity contribution < 1.29 is 4.79 Å². The smallest absolute Gasteiger partial charge is 0.274 e. The number of aromatic amines is 1. The number of hydrogen-bond donors (Lipinski definition) is 1. The van der Waals surface area contributed by atoms with Gasteiger partial charge in [-0.3, -0.25) is 9.89 Å². The lowest BCUT2D eigenvalue weighted by atomic mass is 10.1. The average Bonchev–Trinajstić information content (AvgIpc) is 3.26. The van der Waals surface area contributed by atoms with Crippen LogP contribution >= 0.6 is 0 Å². The average molecular weight is 326 g/mol. The van der Waals surface area contributed by atoms with E-state index in [-0.39, 0.29) is 5.91 Å². The van der Waals surface area contributed by atoms with Crippen LogP contribution in [0.15, 0.2) is 30.3 Å². The van der Waals surface area contributed by atoms with E-state index >= 15 is 0 Å². The normalized spacial score (nSPS) is 14.4. The Balaban J connectivity index is 1.74. The number of para-hydroxylation sites is 1. The van der Waals surface area contributed by atoms with Gasteiger partial charge in [0.15, 0.2) is 0 Å². The molecule has 1 aliphatic rings. The third kappa shape index (κ3) is 3.45. The van der Waals surface area contributed by atoms with Gasteiger partial charge in [-0.05, 0) is 36.5 Å². The molecule has 1 fully saturated rings. The number of carbonyl (C=O) groups is 1. The summed E-state index contributed by atoms with van der Waals surface area (Å²) in [5.74, 6) is 0.287. The molecule has 24 heavy (non-hydrogen) atoms. The number of nitrogens with zero attached hydrogens (tertiary/aromatic N) is 3. The van der Waals surface area contributed by atoms with Gasteiger partial charge >= 0.3 is 0 Å². The lowest BCUT2D eigenvalue weighted by Crippen LogP contribution is -2.28. The quantitative estimate of drug-likeness (QED) is 0.916. The van der Waals surface area contributed by atoms with Crippen LogP contribution < -0.4 is 4.90 Å². The van der Waals surface area contributed by atoms with Crippen LogP contribution in [-0.4, -0.2) is 41.1 Å². The van der Waals surface area contributed by atoms with Crippen LogP contribution in [0.5, 0.6) is 0 Å². The predicted octanol–water partition coefficient (Wildman–Crippen LogP) is 3.41. The van der Waals surface area contributed by atoms with Gasteiger partial charge in [0.25, 0.3) is 5.91 Å². The van der Waals surface area contributed by atoms with E-state index in [1.54, 1.807) is 4.90 Å². The molecule has 0 aliphatic carbocycles. The summed E-state index contributed by atoms with van der Waals surface area (Å²) >= 11 is 0. The van der Waals surface area contributed by atoms with Gasteiger partial charge in [0, 0.05) is 38.1 Å². The number of benzene rings is 1. The Morgan fingerprint density at radius 3 is 2.67 bits per heavy atom. The van der Waals surface area contributed by atoms with Gasteiger partial charge < -0.3 is 9.80 Å². The fraction of sp³-hybridized carbons (Fsp3) is 0.474. The lowest BCUT2D eigenvalue weighted by molar-refractivity contribution is 0.0779. The van der Waals surface area contributed by atoms with Crippen molar-refractivity contribution in [3.05, 3.63) is 47.3 Å². The molecule has 128 valence electrons. The second kappa shape index (κ2) is 7.07. The SMILES string of the molecule is CC(C)c1cc(C(=O)N(C)Cc2ccccc2N2CCCC2)n[nH]1. The minimum atomic E-state index is -0.0469. The summed E-state index contributed by atoms with van der Waals surface area (Å²) in [6, 6.07) is 10.2. The van der Waals surface area contributed by atoms with Crippen LogP contribution in [0.25, 0.3) is 0 Å². The molecule has 0 spiro atoms. The van der Waals surface area contributed by atoms with Crippen LogP contribution in [0.4, 0.5) is 5.69 Å². The largest absolute Gasteiger partial charge is 0.371 e. The molecule has 0 bridgehead atoms. The molecular formula is C19H26N4O. The number of anilines is 1. The van der Waals surface area contributed by atoms with Gasteiger partial charge in [0.05, 0.1) is 0 Å². The number of nitrogens with one attached hydrogen (secondary N) is 1. The number of carbonyl (C=O) groups excluding carboxylic acids is 1. The minimum absolute atomic E-state index is 0.0469. The second-order valence-electron chi connectivity index (χ2n) is 6.85. The maximum Gasteiger partial charge on any atom is 0.274 e. The van der Waals surface area contributed by atoms with E-state index in [4.69, 9.17) is 0 Å². The second-order valence-corrected chi connectivity index (χ2v) is 6.85. The first-order valence-corrected chi connectivity index (χ1v) is 8.70. The van der Waals surface area contributed by atoms with E-state index in [9.17, 15) is 4.79 Å². The molecular weight excluding hydrogens is 300 g/mol. The first-order chi connectivity index (χ1) is 11.6. The number of aromatic nitrogens is 2. The lowest BCUT2D eigenvalue weighted by Gasteiger charge is -2.24. The molecule has 1 saturated heterocycles. The van der Waals surface area contributed by atoms with Gasteiger partial charge in [0.1, 0.15) is 5.69 Å². The number of rotatable bonds is 5. The summed E-state index contributed by atoms with van der Waals surface area (Å²) in [4.78, 5) is 16.8. The maximum atomic E-state index is 12.6. The first kappa shape index (κ1) is 16.6. The molecule has 0 atom stereocenters. The summed E-state index contributed by atoms with van der Waals surface area (Å²) in [7, 11) is 1.84. The third-order valence-corrected chi connectivity index (χ3v) is 4.63. The third-order valence-electron chi connectivity index (χ3n) is 4.63. The monoisotopic (exact) mass is 326 g/mol. The Bertz CT molecular complexity index is 701. The summed E-state index contributed by atoms with van der Waals surface area (Å²) in [6.45, 7) is 6.96. The Morgan fingerprint density at radius 2 is 2.00 bits per heavy atom. The highest BCUT2D eigenvalue weighted by atomic mass is 16.2. The van der Waals surface area contributed by atoms with Gasteiger partial charge in [-0.2, -0.15) is 5.10 Å². The van der Waals surface area contributed by atoms with Crippen molar-refractivity contribution >= 4 is 11.6 Å². The van der Waals surface area contributed by atoms with Crippen LogP contribution in [0, 0.1) is 0 Å². The highest BCUT2D eigenvalue weighted by Crippen LogP contribution is 2.25. The fourth-order valence-electron chi connectivity index (χ4n) is 3.18. The maximum absolute atomic E-state index is 12.6. The van der Waals surface area contributed by atoms with E-state index in [0.29, 0.717) is 18.2 Å². The highest BCUT2D eigenvalue weighted by molar-refractivity contribution is 5.92. The summed E-state index contributed by atoms with van der Waals surface area (Å²) in [5, 5.41) is 7.13. The van der Waals surface area contributed by atoms with Crippen LogP contribution in [-0.2, 0) is 6.54 Å². The van der Waals surface area contributed by atoms with Crippen LogP contribution in [0.3, 0.4) is 0 Å². The van der Waals surface area contributed by atoms with Gasteiger partial charge in [-0.1, -0.05) is 32.0 Å². The van der Waals surface area contributed by atoms with Crippen molar-refractivity contribution in [2.45, 2.75) is 39.2 Å². The topological polar surface area (TPSA) is 52.2 Å². The van der Waals surface area contributed by atoms with Crippen molar-refractivity contribution in [1.29, 1.82) is 0 Å². The van der Waals surface area contributed by atoms with E-state index in [0.717, 1.165) is 18.8 Å². The summed E-state index contributed by atoms with van der Waals surface area (Å²) < 4.78 is 0. The molecule has 1 N–H and O–H groups in total. The van der Waals surface area contributed by atoms with Gasteiger partial charge in [-0.25, -0.2) is 0 Å². The summed E-state index contributed by atoms with van der Waals surface area (Å²) in [6.07, 6.45) is 2.49. The summed E-state index contributed by atoms with van der Waals surface area (Å²) in [5.41, 5.74) is 3.92. The zero-order valence-electron chi connectivity index (χ0n) is 14.7. The molecule has 2 heterocycles. The highest BCUT2D eigenvalue weighted by Gasteiger charge is 2.20. The Labute approximate surface area is 143 Å². The Hall–Kier alpha value is -2.30. The molecule has 2 aromatic rings. The Kier molecular flexibility index (Phi) is 4.88. The molecule has 1 amide bonds. The van der Waals surface area contributed by atoms with E-state index in [2.05, 4.69) is 47.1 Å². The first-order valence-electron chi connectivity index (χ1n) is 8.70. The molecule has 3 rings (SSSR count). The number of amides is 1. The van der Waals surface area contributed by atoms with E-state index in [1.165, 1.54) is 24.1 Å². The minimum Gasteiger partial charge on any atom is -0.371 e. The molecule has 0 radical (unpaired) electrons. The van der Waals surface area contributed by atoms with Crippen molar-refractivity contribution in [2.24, 2.45) is 0 Å². The molecule has 1 aromatic carbocycles. The zero-order chi connectivity index (χ0) is 17.1. The predicted molar refractivity (Wildman–Crippen MR) is 96.4 cm³/mol. The van der Waals surface area contributed by atoms with Gasteiger partial charge in [-0.15, -0.1) is 0 Å². The Morgan fingerprint density at radius 1 is 1.29 bits per heavy atom. The van der Waals surface area contributed by atoms with Crippen molar-refractivity contribution in [3.63, 3.8) is 0 Å². The van der Waals surface area contributed by atoms with Crippen LogP contribution in [0.2, 0.25) is 0 Å². The molecule has 5 nitrogen and oxygen atoms in total. The molecule has 1 aliphatic heterocycles. The molecule has 0 saturated carbocycles. The number of hydrogen-bond acceptors (Lipinski definition) is 3. The van der Waals surface area contributed by atoms with Crippen molar-refractivity contribution in [1.82, 2.24) is 15.1 Å². The van der Waals surface area contributed by atoms with Crippen molar-refractivity contribution in [3.8, 4) is 0 Å². The van der Waals surface area contributed by atoms with E-state index < -0.39 is 0 Å². The van der Waals surface area contributed by atoms with Crippen LogP contribution in [0.1, 0.15) is 54.4 Å². The van der Waals surface area contributed by atoms with Gasteiger partial charge in [0.2, 0.25) is 0 Å².